The first kappa shape index (κ1) is 22.4. The number of hydrogen-bond acceptors (Lipinski definition) is 4. The third-order valence-corrected chi connectivity index (χ3v) is 5.20. The highest BCUT2D eigenvalue weighted by atomic mass is 35.5. The fourth-order valence-electron chi connectivity index (χ4n) is 3.37. The van der Waals surface area contributed by atoms with Crippen LogP contribution in [0.15, 0.2) is 54.6 Å². The van der Waals surface area contributed by atoms with E-state index in [-0.39, 0.29) is 24.2 Å². The molecule has 2 aromatic carbocycles. The molecule has 31 heavy (non-hydrogen) atoms. The van der Waals surface area contributed by atoms with Gasteiger partial charge in [-0.1, -0.05) is 32.0 Å². The summed E-state index contributed by atoms with van der Waals surface area (Å²) in [6, 6.07) is 12.9. The van der Waals surface area contributed by atoms with E-state index in [9.17, 15) is 19.5 Å². The number of nitrogens with one attached hydrogen (secondary N) is 2. The zero-order valence-corrected chi connectivity index (χ0v) is 18.0. The molecule has 0 fully saturated rings. The number of carboxylic acids is 1. The van der Waals surface area contributed by atoms with Crippen LogP contribution in [0.1, 0.15) is 32.3 Å². The normalized spacial score (nSPS) is 16.7. The van der Waals surface area contributed by atoms with Crippen molar-refractivity contribution in [3.8, 4) is 0 Å². The van der Waals surface area contributed by atoms with E-state index in [1.807, 2.05) is 19.9 Å². The Kier molecular flexibility index (Phi) is 6.97. The molecule has 0 saturated carbocycles. The van der Waals surface area contributed by atoms with E-state index < -0.39 is 12.0 Å². The van der Waals surface area contributed by atoms with Crippen molar-refractivity contribution in [3.05, 3.63) is 60.2 Å². The summed E-state index contributed by atoms with van der Waals surface area (Å²) in [4.78, 5) is 36.0. The van der Waals surface area contributed by atoms with Crippen molar-refractivity contribution in [1.82, 2.24) is 0 Å². The number of aliphatic carboxylic acids is 1. The van der Waals surface area contributed by atoms with Crippen LogP contribution in [-0.2, 0) is 14.4 Å². The smallest absolute Gasteiger partial charge is 0.328 e. The zero-order chi connectivity index (χ0) is 22.5. The SMILES string of the molecule is CC(C)CC(=O)Nc1ccc(NC(=O)C=C2CC(C(=O)O)N(Cl)c3ccccc32)cc1. The topological polar surface area (TPSA) is 98.7 Å². The first-order chi connectivity index (χ1) is 14.7. The molecule has 3 N–H and O–H groups in total. The van der Waals surface area contributed by atoms with Crippen molar-refractivity contribution < 1.29 is 19.5 Å². The molecular formula is C23H24ClN3O4. The standard InChI is InChI=1S/C23H24ClN3O4/c1-14(2)11-21(28)25-16-7-9-17(10-8-16)26-22(29)13-15-12-20(23(30)31)27(24)19-6-4-3-5-18(15)19/h3-10,13-14,20H,11-12H2,1-2H3,(H,25,28)(H,26,29)(H,30,31). The molecule has 3 rings (SSSR count). The third-order valence-electron chi connectivity index (χ3n) is 4.79. The van der Waals surface area contributed by atoms with Gasteiger partial charge in [0.25, 0.3) is 0 Å². The van der Waals surface area contributed by atoms with E-state index in [0.717, 1.165) is 0 Å². The summed E-state index contributed by atoms with van der Waals surface area (Å²) in [6.45, 7) is 3.95. The summed E-state index contributed by atoms with van der Waals surface area (Å²) in [5, 5.41) is 15.1. The number of para-hydroxylation sites is 1. The molecule has 0 saturated heterocycles. The molecule has 8 heteroatoms. The molecule has 0 radical (unpaired) electrons. The van der Waals surface area contributed by atoms with Crippen LogP contribution in [0.4, 0.5) is 17.1 Å². The largest absolute Gasteiger partial charge is 0.480 e. The monoisotopic (exact) mass is 441 g/mol. The molecule has 0 aliphatic carbocycles. The van der Waals surface area contributed by atoms with Crippen LogP contribution in [0.3, 0.4) is 0 Å². The lowest BCUT2D eigenvalue weighted by Crippen LogP contribution is -2.38. The average Bonchev–Trinajstić information content (AvgIpc) is 2.70. The van der Waals surface area contributed by atoms with Crippen molar-refractivity contribution in [2.45, 2.75) is 32.7 Å². The second-order valence-electron chi connectivity index (χ2n) is 7.77. The summed E-state index contributed by atoms with van der Waals surface area (Å²) in [5.74, 6) is -1.24. The number of halogens is 1. The van der Waals surface area contributed by atoms with Crippen LogP contribution in [0.2, 0.25) is 0 Å². The Hall–Kier alpha value is -3.32. The highest BCUT2D eigenvalue weighted by Gasteiger charge is 2.33. The van der Waals surface area contributed by atoms with E-state index in [0.29, 0.717) is 34.6 Å². The number of carboxylic acid groups (broad SMARTS) is 1. The van der Waals surface area contributed by atoms with Gasteiger partial charge in [0.05, 0.1) is 5.69 Å². The molecule has 0 bridgehead atoms. The van der Waals surface area contributed by atoms with Crippen molar-refractivity contribution in [2.75, 3.05) is 15.1 Å². The first-order valence-electron chi connectivity index (χ1n) is 9.93. The molecule has 0 spiro atoms. The third kappa shape index (κ3) is 5.64. The predicted octanol–water partition coefficient (Wildman–Crippen LogP) is 4.51. The van der Waals surface area contributed by atoms with Gasteiger partial charge in [0.2, 0.25) is 11.8 Å². The van der Waals surface area contributed by atoms with Crippen molar-refractivity contribution in [3.63, 3.8) is 0 Å². The fraction of sp³-hybridized carbons (Fsp3) is 0.261. The number of hydrogen-bond donors (Lipinski definition) is 3. The van der Waals surface area contributed by atoms with E-state index >= 15 is 0 Å². The Bertz CT molecular complexity index is 1020. The van der Waals surface area contributed by atoms with Crippen molar-refractivity contribution >= 4 is 52.2 Å². The van der Waals surface area contributed by atoms with Crippen LogP contribution >= 0.6 is 11.8 Å². The first-order valence-corrected chi connectivity index (χ1v) is 10.3. The van der Waals surface area contributed by atoms with E-state index in [4.69, 9.17) is 11.8 Å². The van der Waals surface area contributed by atoms with Gasteiger partial charge in [-0.3, -0.25) is 14.0 Å². The van der Waals surface area contributed by atoms with Gasteiger partial charge in [-0.15, -0.1) is 0 Å². The van der Waals surface area contributed by atoms with Gasteiger partial charge in [0.1, 0.15) is 6.04 Å². The molecule has 1 aliphatic heterocycles. The van der Waals surface area contributed by atoms with Crippen LogP contribution in [0.5, 0.6) is 0 Å². The Morgan fingerprint density at radius 3 is 2.32 bits per heavy atom. The number of amides is 2. The van der Waals surface area contributed by atoms with E-state index in [1.54, 1.807) is 42.5 Å². The van der Waals surface area contributed by atoms with Gasteiger partial charge in [0.15, 0.2) is 0 Å². The lowest BCUT2D eigenvalue weighted by atomic mass is 9.92. The highest BCUT2D eigenvalue weighted by molar-refractivity contribution is 6.29. The summed E-state index contributed by atoms with van der Waals surface area (Å²) >= 11 is 6.21. The molecular weight excluding hydrogens is 418 g/mol. The van der Waals surface area contributed by atoms with Gasteiger partial charge in [-0.25, -0.2) is 4.79 Å². The number of carbonyl (C=O) groups is 3. The molecule has 0 aromatic heterocycles. The van der Waals surface area contributed by atoms with Crippen molar-refractivity contribution in [2.24, 2.45) is 5.92 Å². The van der Waals surface area contributed by atoms with Gasteiger partial charge < -0.3 is 15.7 Å². The second-order valence-corrected chi connectivity index (χ2v) is 8.13. The maximum Gasteiger partial charge on any atom is 0.328 e. The fourth-order valence-corrected chi connectivity index (χ4v) is 3.67. The number of nitrogens with zero attached hydrogens (tertiary/aromatic N) is 1. The number of fused-ring (bicyclic) bond motifs is 1. The quantitative estimate of drug-likeness (QED) is 0.452. The lowest BCUT2D eigenvalue weighted by Gasteiger charge is -2.32. The summed E-state index contributed by atoms with van der Waals surface area (Å²) < 4.78 is 1.19. The Balaban J connectivity index is 1.73. The minimum atomic E-state index is -1.06. The Morgan fingerprint density at radius 2 is 1.71 bits per heavy atom. The lowest BCUT2D eigenvalue weighted by molar-refractivity contribution is -0.138. The summed E-state index contributed by atoms with van der Waals surface area (Å²) in [5.41, 5.74) is 3.06. The minimum Gasteiger partial charge on any atom is -0.480 e. The Morgan fingerprint density at radius 1 is 1.10 bits per heavy atom. The number of benzene rings is 2. The average molecular weight is 442 g/mol. The van der Waals surface area contributed by atoms with E-state index in [2.05, 4.69) is 10.6 Å². The maximum atomic E-state index is 12.6. The predicted molar refractivity (Wildman–Crippen MR) is 122 cm³/mol. The van der Waals surface area contributed by atoms with Gasteiger partial charge in [-0.05, 0) is 41.8 Å². The molecule has 7 nitrogen and oxygen atoms in total. The summed E-state index contributed by atoms with van der Waals surface area (Å²) in [6.07, 6.45) is 1.94. The van der Waals surface area contributed by atoms with E-state index in [1.165, 1.54) is 10.5 Å². The minimum absolute atomic E-state index is 0.0613. The van der Waals surface area contributed by atoms with Gasteiger partial charge in [-0.2, -0.15) is 0 Å². The maximum absolute atomic E-state index is 12.6. The molecule has 1 unspecified atom stereocenters. The number of carbonyl (C=O) groups excluding carboxylic acids is 2. The van der Waals surface area contributed by atoms with Crippen LogP contribution < -0.4 is 15.1 Å². The molecule has 2 amide bonds. The van der Waals surface area contributed by atoms with Gasteiger partial charge in [0, 0.05) is 47.6 Å². The second kappa shape index (κ2) is 9.66. The number of anilines is 3. The summed E-state index contributed by atoms with van der Waals surface area (Å²) in [7, 11) is 0. The Labute approximate surface area is 185 Å². The zero-order valence-electron chi connectivity index (χ0n) is 17.3. The molecule has 162 valence electrons. The van der Waals surface area contributed by atoms with Crippen LogP contribution in [-0.4, -0.2) is 28.9 Å². The number of rotatable bonds is 6. The molecule has 1 aliphatic rings. The molecule has 1 heterocycles. The molecule has 2 aromatic rings. The van der Waals surface area contributed by atoms with Gasteiger partial charge >= 0.3 is 5.97 Å². The van der Waals surface area contributed by atoms with Crippen LogP contribution in [0, 0.1) is 5.92 Å². The highest BCUT2D eigenvalue weighted by Crippen LogP contribution is 2.39. The van der Waals surface area contributed by atoms with Crippen LogP contribution in [0.25, 0.3) is 5.57 Å². The molecule has 1 atom stereocenters. The van der Waals surface area contributed by atoms with Crippen molar-refractivity contribution in [1.29, 1.82) is 0 Å².